The van der Waals surface area contributed by atoms with E-state index in [9.17, 15) is 18.0 Å². The van der Waals surface area contributed by atoms with Crippen LogP contribution < -0.4 is 25.1 Å². The van der Waals surface area contributed by atoms with Gasteiger partial charge in [-0.25, -0.2) is 8.42 Å². The summed E-state index contributed by atoms with van der Waals surface area (Å²) >= 11 is 0. The highest BCUT2D eigenvalue weighted by Gasteiger charge is 2.33. The van der Waals surface area contributed by atoms with Crippen molar-refractivity contribution in [2.75, 3.05) is 31.8 Å². The molecular formula is C17H20N2O7S. The summed E-state index contributed by atoms with van der Waals surface area (Å²) in [6.07, 6.45) is 3.02. The van der Waals surface area contributed by atoms with Gasteiger partial charge in [-0.05, 0) is 30.2 Å². The summed E-state index contributed by atoms with van der Waals surface area (Å²) in [6, 6.07) is 3.40. The van der Waals surface area contributed by atoms with Crippen molar-refractivity contribution in [1.82, 2.24) is 10.9 Å². The highest BCUT2D eigenvalue weighted by Crippen LogP contribution is 2.40. The lowest BCUT2D eigenvalue weighted by atomic mass is 10.1. The Morgan fingerprint density at radius 2 is 2.00 bits per heavy atom. The van der Waals surface area contributed by atoms with Crippen LogP contribution >= 0.6 is 0 Å². The molecule has 2 amide bonds. The van der Waals surface area contributed by atoms with Crippen LogP contribution in [0.2, 0.25) is 0 Å². The van der Waals surface area contributed by atoms with E-state index in [0.717, 1.165) is 0 Å². The normalized spacial score (nSPS) is 20.3. The van der Waals surface area contributed by atoms with Gasteiger partial charge in [0.1, 0.15) is 13.2 Å². The Kier molecular flexibility index (Phi) is 5.54. The standard InChI is InChI=1S/C17H20N2O7S/c1-24-13-8-11(9-14-16(13)26-6-5-25-14)2-3-15(20)18-19-17(21)12-4-7-27(22,23)10-12/h2-3,8-9,12H,4-7,10H2,1H3,(H,18,20)(H,19,21)/b3-2+/t12-/m0/s1. The van der Waals surface area contributed by atoms with Gasteiger partial charge in [-0.3, -0.25) is 20.4 Å². The molecule has 1 aromatic rings. The van der Waals surface area contributed by atoms with E-state index in [1.807, 2.05) is 0 Å². The predicted molar refractivity (Wildman–Crippen MR) is 96.1 cm³/mol. The van der Waals surface area contributed by atoms with Crippen molar-refractivity contribution in [2.24, 2.45) is 5.92 Å². The molecule has 0 saturated carbocycles. The number of rotatable bonds is 4. The zero-order chi connectivity index (χ0) is 19.4. The molecule has 2 N–H and O–H groups in total. The molecule has 27 heavy (non-hydrogen) atoms. The highest BCUT2D eigenvalue weighted by atomic mass is 32.2. The van der Waals surface area contributed by atoms with Gasteiger partial charge in [0.15, 0.2) is 21.3 Å². The Balaban J connectivity index is 1.58. The number of hydrogen-bond acceptors (Lipinski definition) is 7. The molecule has 10 heteroatoms. The molecule has 1 aromatic carbocycles. The smallest absolute Gasteiger partial charge is 0.262 e. The number of hydrogen-bond donors (Lipinski definition) is 2. The van der Waals surface area contributed by atoms with Gasteiger partial charge in [0.2, 0.25) is 11.7 Å². The largest absolute Gasteiger partial charge is 0.493 e. The Bertz CT molecular complexity index is 862. The zero-order valence-electron chi connectivity index (χ0n) is 14.7. The van der Waals surface area contributed by atoms with Crippen LogP contribution in [0.1, 0.15) is 12.0 Å². The molecule has 1 fully saturated rings. The summed E-state index contributed by atoms with van der Waals surface area (Å²) in [7, 11) is -1.65. The summed E-state index contributed by atoms with van der Waals surface area (Å²) in [5.41, 5.74) is 5.14. The number of methoxy groups -OCH3 is 1. The molecule has 146 valence electrons. The van der Waals surface area contributed by atoms with Gasteiger partial charge in [-0.1, -0.05) is 0 Å². The first kappa shape index (κ1) is 19.0. The van der Waals surface area contributed by atoms with Crippen molar-refractivity contribution in [3.8, 4) is 17.2 Å². The van der Waals surface area contributed by atoms with E-state index in [2.05, 4.69) is 10.9 Å². The molecule has 3 rings (SSSR count). The van der Waals surface area contributed by atoms with Gasteiger partial charge in [0.25, 0.3) is 5.91 Å². The Labute approximate surface area is 156 Å². The first-order chi connectivity index (χ1) is 12.9. The molecule has 2 heterocycles. The fourth-order valence-electron chi connectivity index (χ4n) is 2.83. The Morgan fingerprint density at radius 3 is 2.70 bits per heavy atom. The predicted octanol–water partition coefficient (Wildman–Crippen LogP) is 0.0617. The van der Waals surface area contributed by atoms with Crippen LogP contribution in [-0.4, -0.2) is 52.1 Å². The van der Waals surface area contributed by atoms with Gasteiger partial charge in [-0.15, -0.1) is 0 Å². The SMILES string of the molecule is COc1cc(/C=C/C(=O)NNC(=O)[C@H]2CCS(=O)(=O)C2)cc2c1OCCO2. The zero-order valence-corrected chi connectivity index (χ0v) is 15.5. The quantitative estimate of drug-likeness (QED) is 0.545. The van der Waals surface area contributed by atoms with Crippen LogP contribution in [0.4, 0.5) is 0 Å². The van der Waals surface area contributed by atoms with E-state index in [4.69, 9.17) is 14.2 Å². The molecule has 1 saturated heterocycles. The third kappa shape index (κ3) is 4.70. The molecule has 0 spiro atoms. The van der Waals surface area contributed by atoms with Gasteiger partial charge < -0.3 is 14.2 Å². The molecule has 9 nitrogen and oxygen atoms in total. The maximum atomic E-state index is 11.9. The van der Waals surface area contributed by atoms with Crippen LogP contribution in [0.5, 0.6) is 17.2 Å². The lowest BCUT2D eigenvalue weighted by molar-refractivity contribution is -0.129. The molecule has 0 bridgehead atoms. The van der Waals surface area contributed by atoms with Gasteiger partial charge in [0.05, 0.1) is 24.5 Å². The first-order valence-corrected chi connectivity index (χ1v) is 10.2. The molecule has 1 atom stereocenters. The summed E-state index contributed by atoms with van der Waals surface area (Å²) in [5.74, 6) is -0.381. The maximum Gasteiger partial charge on any atom is 0.262 e. The summed E-state index contributed by atoms with van der Waals surface area (Å²) in [4.78, 5) is 23.8. The lowest BCUT2D eigenvalue weighted by Gasteiger charge is -2.20. The van der Waals surface area contributed by atoms with E-state index in [1.54, 1.807) is 12.1 Å². The fraction of sp³-hybridized carbons (Fsp3) is 0.412. The van der Waals surface area contributed by atoms with E-state index in [1.165, 1.54) is 19.3 Å². The number of fused-ring (bicyclic) bond motifs is 1. The number of nitrogens with one attached hydrogen (secondary N) is 2. The monoisotopic (exact) mass is 396 g/mol. The minimum atomic E-state index is -3.16. The number of amides is 2. The highest BCUT2D eigenvalue weighted by molar-refractivity contribution is 7.91. The minimum Gasteiger partial charge on any atom is -0.493 e. The lowest BCUT2D eigenvalue weighted by Crippen LogP contribution is -2.44. The van der Waals surface area contributed by atoms with Crippen LogP contribution in [0.15, 0.2) is 18.2 Å². The van der Waals surface area contributed by atoms with Crippen LogP contribution in [-0.2, 0) is 19.4 Å². The molecule has 0 unspecified atom stereocenters. The summed E-state index contributed by atoms with van der Waals surface area (Å²) in [5, 5.41) is 0. The van der Waals surface area contributed by atoms with E-state index in [0.29, 0.717) is 36.0 Å². The third-order valence-electron chi connectivity index (χ3n) is 4.19. The molecule has 0 aliphatic carbocycles. The first-order valence-electron chi connectivity index (χ1n) is 8.34. The second-order valence-corrected chi connectivity index (χ2v) is 8.39. The number of hydrazine groups is 1. The average molecular weight is 396 g/mol. The summed E-state index contributed by atoms with van der Waals surface area (Å²) in [6.45, 7) is 0.857. The molecular weight excluding hydrogens is 376 g/mol. The van der Waals surface area contributed by atoms with Gasteiger partial charge in [-0.2, -0.15) is 0 Å². The van der Waals surface area contributed by atoms with Crippen molar-refractivity contribution >= 4 is 27.7 Å². The number of ether oxygens (including phenoxy) is 3. The number of benzene rings is 1. The van der Waals surface area contributed by atoms with E-state index in [-0.39, 0.29) is 17.9 Å². The van der Waals surface area contributed by atoms with Crippen molar-refractivity contribution < 1.29 is 32.2 Å². The van der Waals surface area contributed by atoms with Crippen LogP contribution in [0.3, 0.4) is 0 Å². The second kappa shape index (κ2) is 7.87. The van der Waals surface area contributed by atoms with Crippen molar-refractivity contribution in [1.29, 1.82) is 0 Å². The maximum absolute atomic E-state index is 11.9. The average Bonchev–Trinajstić information content (AvgIpc) is 3.03. The minimum absolute atomic E-state index is 0.00904. The van der Waals surface area contributed by atoms with E-state index < -0.39 is 27.6 Å². The second-order valence-electron chi connectivity index (χ2n) is 6.16. The van der Waals surface area contributed by atoms with Crippen molar-refractivity contribution in [3.05, 3.63) is 23.8 Å². The van der Waals surface area contributed by atoms with Gasteiger partial charge in [0, 0.05) is 6.08 Å². The van der Waals surface area contributed by atoms with Crippen LogP contribution in [0.25, 0.3) is 6.08 Å². The molecule has 2 aliphatic rings. The van der Waals surface area contributed by atoms with Crippen LogP contribution in [0, 0.1) is 5.92 Å². The van der Waals surface area contributed by atoms with E-state index >= 15 is 0 Å². The number of sulfone groups is 1. The number of carbonyl (C=O) groups excluding carboxylic acids is 2. The van der Waals surface area contributed by atoms with Gasteiger partial charge >= 0.3 is 0 Å². The molecule has 0 radical (unpaired) electrons. The Morgan fingerprint density at radius 1 is 1.22 bits per heavy atom. The topological polar surface area (TPSA) is 120 Å². The third-order valence-corrected chi connectivity index (χ3v) is 5.96. The van der Waals surface area contributed by atoms with Crippen molar-refractivity contribution in [3.63, 3.8) is 0 Å². The number of carbonyl (C=O) groups is 2. The molecule has 2 aliphatic heterocycles. The summed E-state index contributed by atoms with van der Waals surface area (Å²) < 4.78 is 39.1. The van der Waals surface area contributed by atoms with Crippen molar-refractivity contribution in [2.45, 2.75) is 6.42 Å². The fourth-order valence-corrected chi connectivity index (χ4v) is 4.57. The Hall–Kier alpha value is -2.75. The molecule has 0 aromatic heterocycles.